The van der Waals surface area contributed by atoms with Crippen LogP contribution in [0.4, 0.5) is 0 Å². The highest BCUT2D eigenvalue weighted by molar-refractivity contribution is 6.03. The molecule has 4 nitrogen and oxygen atoms in total. The Morgan fingerprint density at radius 1 is 1.22 bits per heavy atom. The number of carbonyl (C=O) groups is 1. The van der Waals surface area contributed by atoms with Gasteiger partial charge >= 0.3 is 0 Å². The lowest BCUT2D eigenvalue weighted by molar-refractivity contribution is -0.133. The van der Waals surface area contributed by atoms with Crippen molar-refractivity contribution >= 4 is 5.78 Å². The van der Waals surface area contributed by atoms with Crippen molar-refractivity contribution < 1.29 is 19.4 Å². The molecular weight excluding hydrogens is 340 g/mol. The number of aliphatic hydroxyl groups is 1. The van der Waals surface area contributed by atoms with Gasteiger partial charge in [0.05, 0.1) is 0 Å². The normalized spacial score (nSPS) is 18.0. The predicted octanol–water partition coefficient (Wildman–Crippen LogP) is 5.96. The van der Waals surface area contributed by atoms with Gasteiger partial charge < -0.3 is 14.6 Å². The van der Waals surface area contributed by atoms with E-state index in [0.717, 1.165) is 44.1 Å². The Bertz CT molecular complexity index is 604. The van der Waals surface area contributed by atoms with E-state index in [0.29, 0.717) is 12.0 Å². The first-order chi connectivity index (χ1) is 12.9. The second-order valence-electron chi connectivity index (χ2n) is 7.43. The molecule has 0 heterocycles. The predicted molar refractivity (Wildman–Crippen MR) is 111 cm³/mol. The Kier molecular flexibility index (Phi) is 11.0. The average molecular weight is 377 g/mol. The summed E-state index contributed by atoms with van der Waals surface area (Å²) in [6.07, 6.45) is 11.6. The number of ketones is 1. The molecule has 0 amide bonds. The van der Waals surface area contributed by atoms with Crippen molar-refractivity contribution in [2.75, 3.05) is 13.9 Å². The number of allylic oxidation sites excluding steroid dienone is 5. The summed E-state index contributed by atoms with van der Waals surface area (Å²) in [6, 6.07) is 0. The molecule has 0 aromatic rings. The van der Waals surface area contributed by atoms with E-state index in [1.165, 1.54) is 11.1 Å². The highest BCUT2D eigenvalue weighted by Crippen LogP contribution is 2.29. The van der Waals surface area contributed by atoms with Crippen LogP contribution >= 0.6 is 0 Å². The standard InChI is InChI=1S/C23H36O4/c1-6-7-8-12-19-15-21(24)20(22(25)23(19)27-16-26-5)14-13-18(4)11-9-10-17(2)3/h10,13,15,23-24H,6-9,11-12,14,16H2,1-5H3/b18-13+. The van der Waals surface area contributed by atoms with Crippen LogP contribution < -0.4 is 0 Å². The topological polar surface area (TPSA) is 55.8 Å². The lowest BCUT2D eigenvalue weighted by Gasteiger charge is -2.25. The van der Waals surface area contributed by atoms with Crippen molar-refractivity contribution in [3.63, 3.8) is 0 Å². The third kappa shape index (κ3) is 8.27. The summed E-state index contributed by atoms with van der Waals surface area (Å²) in [4.78, 5) is 12.9. The number of Topliss-reactive ketones (excluding diaryl/α,β-unsaturated/α-hetero) is 1. The zero-order chi connectivity index (χ0) is 20.2. The average Bonchev–Trinajstić information content (AvgIpc) is 2.61. The van der Waals surface area contributed by atoms with E-state index in [1.54, 1.807) is 13.2 Å². The summed E-state index contributed by atoms with van der Waals surface area (Å²) in [6.45, 7) is 8.45. The number of rotatable bonds is 12. The highest BCUT2D eigenvalue weighted by Gasteiger charge is 2.31. The van der Waals surface area contributed by atoms with Gasteiger partial charge in [-0.15, -0.1) is 0 Å². The Balaban J connectivity index is 2.88. The minimum atomic E-state index is -0.646. The van der Waals surface area contributed by atoms with Crippen LogP contribution in [-0.2, 0) is 14.3 Å². The van der Waals surface area contributed by atoms with Gasteiger partial charge in [0.25, 0.3) is 0 Å². The maximum Gasteiger partial charge on any atom is 0.195 e. The summed E-state index contributed by atoms with van der Waals surface area (Å²) < 4.78 is 10.6. The molecule has 0 saturated carbocycles. The summed E-state index contributed by atoms with van der Waals surface area (Å²) in [5.41, 5.74) is 3.80. The molecule has 27 heavy (non-hydrogen) atoms. The van der Waals surface area contributed by atoms with E-state index in [2.05, 4.69) is 33.8 Å². The van der Waals surface area contributed by atoms with Gasteiger partial charge in [-0.1, -0.05) is 43.1 Å². The highest BCUT2D eigenvalue weighted by atomic mass is 16.7. The van der Waals surface area contributed by atoms with Gasteiger partial charge in [0.2, 0.25) is 0 Å². The molecule has 152 valence electrons. The Morgan fingerprint density at radius 2 is 1.96 bits per heavy atom. The number of carbonyl (C=O) groups excluding carboxylic acids is 1. The first-order valence-corrected chi connectivity index (χ1v) is 9.97. The van der Waals surface area contributed by atoms with Crippen molar-refractivity contribution in [2.24, 2.45) is 0 Å². The molecule has 1 rings (SSSR count). The Morgan fingerprint density at radius 3 is 2.59 bits per heavy atom. The summed E-state index contributed by atoms with van der Waals surface area (Å²) in [5, 5.41) is 10.4. The quantitative estimate of drug-likeness (QED) is 0.259. The molecule has 1 aliphatic rings. The molecule has 1 aliphatic carbocycles. The largest absolute Gasteiger partial charge is 0.508 e. The van der Waals surface area contributed by atoms with Crippen LogP contribution in [0.25, 0.3) is 0 Å². The smallest absolute Gasteiger partial charge is 0.195 e. The first kappa shape index (κ1) is 23.4. The van der Waals surface area contributed by atoms with Crippen LogP contribution in [0.5, 0.6) is 0 Å². The SMILES string of the molecule is CCCCCC1=CC(O)=C(C/C=C(\C)CCC=C(C)C)C(=O)C1OCOC. The third-order valence-electron chi connectivity index (χ3n) is 4.67. The molecule has 4 heteroatoms. The fourth-order valence-corrected chi connectivity index (χ4v) is 3.06. The van der Waals surface area contributed by atoms with E-state index < -0.39 is 6.10 Å². The van der Waals surface area contributed by atoms with Gasteiger partial charge in [-0.2, -0.15) is 0 Å². The van der Waals surface area contributed by atoms with Gasteiger partial charge in [0.1, 0.15) is 18.7 Å². The fraction of sp³-hybridized carbons (Fsp3) is 0.609. The van der Waals surface area contributed by atoms with Crippen LogP contribution in [0.1, 0.15) is 72.6 Å². The molecule has 1 atom stereocenters. The maximum atomic E-state index is 12.9. The second kappa shape index (κ2) is 12.7. The molecule has 1 unspecified atom stereocenters. The zero-order valence-corrected chi connectivity index (χ0v) is 17.6. The van der Waals surface area contributed by atoms with E-state index in [9.17, 15) is 9.90 Å². The number of unbranched alkanes of at least 4 members (excludes halogenated alkanes) is 2. The third-order valence-corrected chi connectivity index (χ3v) is 4.67. The molecule has 0 spiro atoms. The van der Waals surface area contributed by atoms with Crippen molar-refractivity contribution in [1.82, 2.24) is 0 Å². The van der Waals surface area contributed by atoms with Crippen molar-refractivity contribution in [3.05, 3.63) is 46.3 Å². The van der Waals surface area contributed by atoms with Gasteiger partial charge in [-0.3, -0.25) is 4.79 Å². The molecule has 0 fully saturated rings. The van der Waals surface area contributed by atoms with Gasteiger partial charge in [0, 0.05) is 12.7 Å². The van der Waals surface area contributed by atoms with Gasteiger partial charge in [-0.25, -0.2) is 0 Å². The van der Waals surface area contributed by atoms with Crippen molar-refractivity contribution in [3.8, 4) is 0 Å². The monoisotopic (exact) mass is 376 g/mol. The minimum Gasteiger partial charge on any atom is -0.508 e. The number of ether oxygens (including phenoxy) is 2. The van der Waals surface area contributed by atoms with E-state index in [-0.39, 0.29) is 18.3 Å². The van der Waals surface area contributed by atoms with Crippen LogP contribution in [0, 0.1) is 0 Å². The van der Waals surface area contributed by atoms with Crippen LogP contribution in [0.3, 0.4) is 0 Å². The summed E-state index contributed by atoms with van der Waals surface area (Å²) in [7, 11) is 1.54. The summed E-state index contributed by atoms with van der Waals surface area (Å²) in [5.74, 6) is -0.0657. The molecule has 1 N–H and O–H groups in total. The molecular formula is C23H36O4. The van der Waals surface area contributed by atoms with Crippen molar-refractivity contribution in [1.29, 1.82) is 0 Å². The molecule has 0 aromatic carbocycles. The van der Waals surface area contributed by atoms with Gasteiger partial charge in [0.15, 0.2) is 5.78 Å². The van der Waals surface area contributed by atoms with Crippen LogP contribution in [-0.4, -0.2) is 30.9 Å². The zero-order valence-electron chi connectivity index (χ0n) is 17.6. The number of methoxy groups -OCH3 is 1. The number of hydrogen-bond donors (Lipinski definition) is 1. The van der Waals surface area contributed by atoms with Crippen molar-refractivity contribution in [2.45, 2.75) is 78.7 Å². The van der Waals surface area contributed by atoms with E-state index in [4.69, 9.17) is 9.47 Å². The number of hydrogen-bond acceptors (Lipinski definition) is 4. The van der Waals surface area contributed by atoms with Gasteiger partial charge in [-0.05, 0) is 64.5 Å². The molecule has 0 aromatic heterocycles. The lowest BCUT2D eigenvalue weighted by Crippen LogP contribution is -2.32. The summed E-state index contributed by atoms with van der Waals surface area (Å²) >= 11 is 0. The first-order valence-electron chi connectivity index (χ1n) is 9.97. The second-order valence-corrected chi connectivity index (χ2v) is 7.43. The maximum absolute atomic E-state index is 12.9. The molecule has 0 aliphatic heterocycles. The van der Waals surface area contributed by atoms with Crippen LogP contribution in [0.2, 0.25) is 0 Å². The minimum absolute atomic E-state index is 0.0626. The molecule has 0 saturated heterocycles. The van der Waals surface area contributed by atoms with E-state index >= 15 is 0 Å². The Hall–Kier alpha value is -1.65. The Labute approximate surface area is 164 Å². The molecule has 0 bridgehead atoms. The fourth-order valence-electron chi connectivity index (χ4n) is 3.06. The molecule has 0 radical (unpaired) electrons. The lowest BCUT2D eigenvalue weighted by atomic mass is 9.88. The van der Waals surface area contributed by atoms with E-state index in [1.807, 2.05) is 6.08 Å². The number of aliphatic hydroxyl groups excluding tert-OH is 1. The van der Waals surface area contributed by atoms with Crippen LogP contribution in [0.15, 0.2) is 46.3 Å².